The van der Waals surface area contributed by atoms with E-state index in [0.717, 1.165) is 12.1 Å². The zero-order valence-electron chi connectivity index (χ0n) is 19.7. The van der Waals surface area contributed by atoms with Crippen LogP contribution in [0.4, 0.5) is 13.2 Å². The van der Waals surface area contributed by atoms with Crippen molar-refractivity contribution in [1.82, 2.24) is 14.5 Å². The van der Waals surface area contributed by atoms with Crippen LogP contribution in [-0.4, -0.2) is 57.9 Å². The molecule has 0 radical (unpaired) electrons. The number of aromatic nitrogens is 1. The van der Waals surface area contributed by atoms with Crippen molar-refractivity contribution >= 4 is 11.8 Å². The van der Waals surface area contributed by atoms with Crippen molar-refractivity contribution in [2.24, 2.45) is 5.73 Å². The molecule has 2 bridgehead atoms. The lowest BCUT2D eigenvalue weighted by Crippen LogP contribution is -2.51. The number of hydrogen-bond acceptors (Lipinski definition) is 6. The topological polar surface area (TPSA) is 107 Å². The third-order valence-corrected chi connectivity index (χ3v) is 7.51. The molecule has 5 rings (SSSR count). The van der Waals surface area contributed by atoms with Crippen LogP contribution in [0.5, 0.6) is 0 Å². The Kier molecular flexibility index (Phi) is 5.73. The minimum absolute atomic E-state index is 0.107. The van der Waals surface area contributed by atoms with Gasteiger partial charge in [0, 0.05) is 50.5 Å². The lowest BCUT2D eigenvalue weighted by atomic mass is 9.83. The number of amides is 2. The summed E-state index contributed by atoms with van der Waals surface area (Å²) in [5.74, 6) is -4.67. The van der Waals surface area contributed by atoms with Crippen LogP contribution in [0.15, 0.2) is 29.2 Å². The highest BCUT2D eigenvalue weighted by molar-refractivity contribution is 5.96. The van der Waals surface area contributed by atoms with Crippen LogP contribution in [0.2, 0.25) is 0 Å². The summed E-state index contributed by atoms with van der Waals surface area (Å²) in [6.07, 6.45) is 2.59. The Labute approximate surface area is 204 Å². The maximum Gasteiger partial charge on any atom is 0.270 e. The number of hydroxylamine groups is 2. The van der Waals surface area contributed by atoms with Crippen LogP contribution >= 0.6 is 0 Å². The molecular formula is C24H25F3N4O5. The molecule has 192 valence electrons. The number of methoxy groups -OCH3 is 1. The molecule has 3 aliphatic rings. The van der Waals surface area contributed by atoms with Crippen molar-refractivity contribution in [1.29, 1.82) is 0 Å². The standard InChI is InChI=1S/C24H25F3N4O5/c1-23(35-2)12-24(36-31(23)9-13-6-16(26)17(27)7-15(13)25)4-3-5-29-11-20(24)30-10-14(21(28)33)19(32)8-18(30)22(29)34/h6-8,10,20H,3-5,9,11-12H2,1-2H3,(H2,28,33). The minimum atomic E-state index is -1.30. The van der Waals surface area contributed by atoms with Crippen molar-refractivity contribution in [2.75, 3.05) is 20.2 Å². The molecule has 1 spiro atoms. The highest BCUT2D eigenvalue weighted by Crippen LogP contribution is 2.51. The summed E-state index contributed by atoms with van der Waals surface area (Å²) in [7, 11) is 1.46. The van der Waals surface area contributed by atoms with Crippen molar-refractivity contribution in [3.05, 3.63) is 68.9 Å². The molecule has 3 atom stereocenters. The van der Waals surface area contributed by atoms with Crippen LogP contribution in [0.3, 0.4) is 0 Å². The number of hydrogen-bond donors (Lipinski definition) is 1. The number of nitrogens with two attached hydrogens (primary N) is 1. The fourth-order valence-corrected chi connectivity index (χ4v) is 5.57. The molecule has 0 aliphatic carbocycles. The minimum Gasteiger partial charge on any atom is -0.365 e. The van der Waals surface area contributed by atoms with E-state index < -0.39 is 46.2 Å². The number of pyridine rings is 1. The Morgan fingerprint density at radius 2 is 1.92 bits per heavy atom. The quantitative estimate of drug-likeness (QED) is 0.637. The summed E-state index contributed by atoms with van der Waals surface area (Å²) < 4.78 is 49.2. The first-order valence-electron chi connectivity index (χ1n) is 11.5. The summed E-state index contributed by atoms with van der Waals surface area (Å²) in [4.78, 5) is 45.5. The first kappa shape index (κ1) is 24.5. The van der Waals surface area contributed by atoms with Gasteiger partial charge < -0.3 is 19.9 Å². The fraction of sp³-hybridized carbons (Fsp3) is 0.458. The van der Waals surface area contributed by atoms with Crippen LogP contribution in [0.1, 0.15) is 58.6 Å². The number of primary amides is 1. The first-order chi connectivity index (χ1) is 17.0. The largest absolute Gasteiger partial charge is 0.365 e. The second-order valence-corrected chi connectivity index (χ2v) is 9.68. The van der Waals surface area contributed by atoms with Gasteiger partial charge in [-0.05, 0) is 25.8 Å². The summed E-state index contributed by atoms with van der Waals surface area (Å²) in [5, 5.41) is 1.39. The number of benzene rings is 1. The second kappa shape index (κ2) is 8.43. The number of ether oxygens (including phenoxy) is 1. The smallest absolute Gasteiger partial charge is 0.270 e. The molecule has 3 unspecified atom stereocenters. The first-order valence-corrected chi connectivity index (χ1v) is 11.5. The van der Waals surface area contributed by atoms with Crippen molar-refractivity contribution in [2.45, 2.75) is 50.1 Å². The van der Waals surface area contributed by atoms with Gasteiger partial charge in [-0.2, -0.15) is 5.06 Å². The molecule has 12 heteroatoms. The molecule has 36 heavy (non-hydrogen) atoms. The highest BCUT2D eigenvalue weighted by Gasteiger charge is 2.59. The van der Waals surface area contributed by atoms with Gasteiger partial charge in [0.05, 0.1) is 12.6 Å². The maximum absolute atomic E-state index is 14.5. The molecule has 3 aliphatic heterocycles. The number of fused-ring (bicyclic) bond motifs is 5. The van der Waals surface area contributed by atoms with Crippen LogP contribution in [0, 0.1) is 17.5 Å². The zero-order valence-corrected chi connectivity index (χ0v) is 19.7. The molecule has 0 saturated carbocycles. The van der Waals surface area contributed by atoms with Crippen LogP contribution in [-0.2, 0) is 16.1 Å². The molecule has 2 fully saturated rings. The molecule has 2 saturated heterocycles. The van der Waals surface area contributed by atoms with E-state index in [0.29, 0.717) is 25.5 Å². The van der Waals surface area contributed by atoms with Crippen molar-refractivity contribution in [3.8, 4) is 0 Å². The highest BCUT2D eigenvalue weighted by atomic mass is 19.2. The van der Waals surface area contributed by atoms with E-state index in [2.05, 4.69) is 0 Å². The van der Waals surface area contributed by atoms with E-state index in [9.17, 15) is 27.6 Å². The third kappa shape index (κ3) is 3.71. The summed E-state index contributed by atoms with van der Waals surface area (Å²) in [6.45, 7) is 2.15. The van der Waals surface area contributed by atoms with Crippen LogP contribution < -0.4 is 11.2 Å². The Morgan fingerprint density at radius 1 is 1.19 bits per heavy atom. The van der Waals surface area contributed by atoms with Crippen molar-refractivity contribution < 1.29 is 32.3 Å². The van der Waals surface area contributed by atoms with E-state index in [1.54, 1.807) is 16.4 Å². The van der Waals surface area contributed by atoms with E-state index in [4.69, 9.17) is 15.3 Å². The number of carbonyl (C=O) groups is 2. The van der Waals surface area contributed by atoms with Gasteiger partial charge >= 0.3 is 0 Å². The number of halogens is 3. The fourth-order valence-electron chi connectivity index (χ4n) is 5.57. The average Bonchev–Trinajstić information content (AvgIpc) is 3.00. The Morgan fingerprint density at radius 3 is 2.61 bits per heavy atom. The maximum atomic E-state index is 14.5. The molecule has 1 aromatic carbocycles. The van der Waals surface area contributed by atoms with E-state index >= 15 is 0 Å². The third-order valence-electron chi connectivity index (χ3n) is 7.51. The summed E-state index contributed by atoms with van der Waals surface area (Å²) in [5.41, 5.74) is 2.38. The molecule has 1 aromatic heterocycles. The number of nitrogens with zero attached hydrogens (tertiary/aromatic N) is 3. The number of carbonyl (C=O) groups excluding carboxylic acids is 2. The van der Waals surface area contributed by atoms with Gasteiger partial charge in [-0.1, -0.05) is 0 Å². The monoisotopic (exact) mass is 506 g/mol. The van der Waals surface area contributed by atoms with Crippen LogP contribution in [0.25, 0.3) is 0 Å². The van der Waals surface area contributed by atoms with E-state index in [1.165, 1.54) is 18.4 Å². The van der Waals surface area contributed by atoms with Gasteiger partial charge in [0.25, 0.3) is 11.8 Å². The SMILES string of the molecule is COC1(C)CC2(CCCN3CC2n2cc(C(N)=O)c(=O)cc2C3=O)ON1Cc1cc(F)c(F)cc1F. The van der Waals surface area contributed by atoms with Gasteiger partial charge in [-0.25, -0.2) is 13.2 Å². The lowest BCUT2D eigenvalue weighted by Gasteiger charge is -2.41. The molecular weight excluding hydrogens is 481 g/mol. The van der Waals surface area contributed by atoms with Gasteiger partial charge in [0.15, 0.2) is 17.1 Å². The molecule has 4 heterocycles. The zero-order chi connectivity index (χ0) is 26.0. The summed E-state index contributed by atoms with van der Waals surface area (Å²) in [6, 6.07) is 1.83. The predicted molar refractivity (Wildman–Crippen MR) is 119 cm³/mol. The van der Waals surface area contributed by atoms with Gasteiger partial charge in [0.2, 0.25) is 0 Å². The number of rotatable bonds is 4. The normalized spacial score (nSPS) is 27.9. The lowest BCUT2D eigenvalue weighted by molar-refractivity contribution is -0.281. The molecule has 2 amide bonds. The van der Waals surface area contributed by atoms with Gasteiger partial charge in [0.1, 0.15) is 28.4 Å². The Hall–Kier alpha value is -3.22. The summed E-state index contributed by atoms with van der Waals surface area (Å²) >= 11 is 0. The Bertz CT molecular complexity index is 1330. The molecule has 2 aromatic rings. The predicted octanol–water partition coefficient (Wildman–Crippen LogP) is 2.09. The molecule has 2 N–H and O–H groups in total. The second-order valence-electron chi connectivity index (χ2n) is 9.68. The average molecular weight is 506 g/mol. The van der Waals surface area contributed by atoms with Gasteiger partial charge in [-0.15, -0.1) is 0 Å². The molecule has 9 nitrogen and oxygen atoms in total. The van der Waals surface area contributed by atoms with E-state index in [-0.39, 0.29) is 42.2 Å². The Balaban J connectivity index is 1.59. The van der Waals surface area contributed by atoms with Gasteiger partial charge in [-0.3, -0.25) is 19.2 Å². The van der Waals surface area contributed by atoms with Crippen molar-refractivity contribution in [3.63, 3.8) is 0 Å². The van der Waals surface area contributed by atoms with E-state index in [1.807, 2.05) is 0 Å².